The minimum Gasteiger partial charge on any atom is -0.460 e. The van der Waals surface area contributed by atoms with Gasteiger partial charge in [0.2, 0.25) is 0 Å². The Morgan fingerprint density at radius 3 is 2.42 bits per heavy atom. The normalized spacial score (nSPS) is 17.6. The molecule has 1 fully saturated rings. The largest absolute Gasteiger partial charge is 0.460 e. The van der Waals surface area contributed by atoms with Crippen molar-refractivity contribution in [1.29, 1.82) is 0 Å². The first-order valence-corrected chi connectivity index (χ1v) is 12.5. The van der Waals surface area contributed by atoms with Gasteiger partial charge in [-0.2, -0.15) is 29.4 Å². The van der Waals surface area contributed by atoms with Crippen molar-refractivity contribution in [3.63, 3.8) is 0 Å². The van der Waals surface area contributed by atoms with Crippen LogP contribution < -0.4 is 4.74 Å². The molecule has 0 saturated carbocycles. The molecule has 0 aromatic carbocycles. The summed E-state index contributed by atoms with van der Waals surface area (Å²) in [6.45, 7) is 13.4. The molecule has 0 amide bonds. The molecule has 2 atom stereocenters. The summed E-state index contributed by atoms with van der Waals surface area (Å²) in [6, 6.07) is 1.06. The minimum atomic E-state index is 0.116. The van der Waals surface area contributed by atoms with Crippen LogP contribution in [0.3, 0.4) is 0 Å². The third-order valence-electron chi connectivity index (χ3n) is 7.17. The predicted octanol–water partition coefficient (Wildman–Crippen LogP) is 4.28. The second-order valence-corrected chi connectivity index (χ2v) is 9.46. The van der Waals surface area contributed by atoms with Crippen molar-refractivity contribution < 1.29 is 4.74 Å². The maximum Gasteiger partial charge on any atom is 0.322 e. The quantitative estimate of drug-likeness (QED) is 0.452. The average Bonchev–Trinajstić information content (AvgIpc) is 3.51. The molecule has 0 N–H and O–H groups in total. The Balaban J connectivity index is 1.60. The van der Waals surface area contributed by atoms with Gasteiger partial charge in [-0.3, -0.25) is 0 Å². The monoisotopic (exact) mass is 454 g/mol. The summed E-state index contributed by atoms with van der Waals surface area (Å²) in [6.07, 6.45) is 11.8. The molecular formula is C24H38N8O. The molecule has 180 valence electrons. The second-order valence-electron chi connectivity index (χ2n) is 9.46. The summed E-state index contributed by atoms with van der Waals surface area (Å²) in [7, 11) is 0. The Kier molecular flexibility index (Phi) is 7.57. The standard InChI is InChI=1S/C24H38N8O/c1-6-17(4)13-18(5)21-14-26-32-22(21)28-23(29-24(32)31-16-25-15-27-31)33-20-9-11-30(12-10-20)19(7-2)8-3/h14-20H,6-13H2,1-5H3. The first-order chi connectivity index (χ1) is 16.0. The van der Waals surface area contributed by atoms with E-state index in [4.69, 9.17) is 9.72 Å². The van der Waals surface area contributed by atoms with Gasteiger partial charge in [-0.15, -0.1) is 0 Å². The summed E-state index contributed by atoms with van der Waals surface area (Å²) in [5, 5.41) is 8.89. The van der Waals surface area contributed by atoms with Gasteiger partial charge in [-0.05, 0) is 43.9 Å². The Labute approximate surface area is 196 Å². The van der Waals surface area contributed by atoms with Crippen LogP contribution in [-0.2, 0) is 0 Å². The highest BCUT2D eigenvalue weighted by atomic mass is 16.5. The van der Waals surface area contributed by atoms with E-state index in [9.17, 15) is 0 Å². The van der Waals surface area contributed by atoms with Crippen molar-refractivity contribution in [1.82, 2.24) is 39.2 Å². The number of hydrogen-bond donors (Lipinski definition) is 0. The lowest BCUT2D eigenvalue weighted by molar-refractivity contribution is 0.0671. The summed E-state index contributed by atoms with van der Waals surface area (Å²) in [4.78, 5) is 16.2. The van der Waals surface area contributed by atoms with Crippen molar-refractivity contribution in [2.24, 2.45) is 5.92 Å². The van der Waals surface area contributed by atoms with E-state index >= 15 is 0 Å². The fourth-order valence-electron chi connectivity index (χ4n) is 4.93. The molecule has 4 rings (SSSR count). The average molecular weight is 455 g/mol. The van der Waals surface area contributed by atoms with Gasteiger partial charge in [0.25, 0.3) is 5.95 Å². The van der Waals surface area contributed by atoms with E-state index in [1.165, 1.54) is 19.2 Å². The lowest BCUT2D eigenvalue weighted by Crippen LogP contribution is -2.43. The van der Waals surface area contributed by atoms with E-state index in [0.29, 0.717) is 29.8 Å². The minimum absolute atomic E-state index is 0.116. The van der Waals surface area contributed by atoms with Crippen LogP contribution in [0, 0.1) is 5.92 Å². The van der Waals surface area contributed by atoms with Gasteiger partial charge >= 0.3 is 6.01 Å². The van der Waals surface area contributed by atoms with Crippen molar-refractivity contribution in [2.75, 3.05) is 13.1 Å². The van der Waals surface area contributed by atoms with Crippen LogP contribution in [0.4, 0.5) is 0 Å². The first kappa shape index (κ1) is 23.6. The maximum atomic E-state index is 6.35. The molecule has 0 bridgehead atoms. The molecule has 2 unspecified atom stereocenters. The molecule has 1 aliphatic rings. The van der Waals surface area contributed by atoms with Gasteiger partial charge in [-0.25, -0.2) is 4.98 Å². The van der Waals surface area contributed by atoms with Crippen LogP contribution in [0.15, 0.2) is 18.9 Å². The number of ether oxygens (including phenoxy) is 1. The molecule has 0 spiro atoms. The van der Waals surface area contributed by atoms with E-state index in [1.807, 2.05) is 6.20 Å². The molecule has 1 aliphatic heterocycles. The molecule has 4 heterocycles. The van der Waals surface area contributed by atoms with Crippen LogP contribution in [0.2, 0.25) is 0 Å². The molecule has 0 radical (unpaired) electrons. The van der Waals surface area contributed by atoms with Crippen LogP contribution in [0.1, 0.15) is 84.6 Å². The Morgan fingerprint density at radius 1 is 1.03 bits per heavy atom. The van der Waals surface area contributed by atoms with E-state index in [2.05, 4.69) is 59.7 Å². The number of likely N-dealkylation sites (tertiary alicyclic amines) is 1. The maximum absolute atomic E-state index is 6.35. The molecule has 9 nitrogen and oxygen atoms in total. The van der Waals surface area contributed by atoms with Crippen molar-refractivity contribution in [3.8, 4) is 12.0 Å². The highest BCUT2D eigenvalue weighted by Gasteiger charge is 2.26. The lowest BCUT2D eigenvalue weighted by Gasteiger charge is -2.36. The van der Waals surface area contributed by atoms with Crippen LogP contribution >= 0.6 is 0 Å². The molecule has 0 aliphatic carbocycles. The van der Waals surface area contributed by atoms with E-state index in [0.717, 1.165) is 50.0 Å². The van der Waals surface area contributed by atoms with Crippen LogP contribution in [-0.4, -0.2) is 64.5 Å². The number of piperidine rings is 1. The summed E-state index contributed by atoms with van der Waals surface area (Å²) in [5.74, 6) is 1.53. The molecule has 9 heteroatoms. The van der Waals surface area contributed by atoms with Gasteiger partial charge in [-0.1, -0.05) is 41.0 Å². The smallest absolute Gasteiger partial charge is 0.322 e. The second kappa shape index (κ2) is 10.6. The van der Waals surface area contributed by atoms with Crippen molar-refractivity contribution >= 4 is 5.65 Å². The Hall–Kier alpha value is -2.55. The van der Waals surface area contributed by atoms with E-state index in [1.54, 1.807) is 15.5 Å². The summed E-state index contributed by atoms with van der Waals surface area (Å²) >= 11 is 0. The molecule has 3 aromatic heterocycles. The SMILES string of the molecule is CCC(C)CC(C)c1cnn2c(-n3cncn3)nc(OC3CCN(C(CC)CC)CC3)nc12. The Bertz CT molecular complexity index is 1010. The van der Waals surface area contributed by atoms with Crippen molar-refractivity contribution in [3.05, 3.63) is 24.4 Å². The van der Waals surface area contributed by atoms with Gasteiger partial charge in [0.05, 0.1) is 6.20 Å². The third kappa shape index (κ3) is 5.18. The van der Waals surface area contributed by atoms with Gasteiger partial charge < -0.3 is 9.64 Å². The zero-order chi connectivity index (χ0) is 23.4. The number of rotatable bonds is 10. The highest BCUT2D eigenvalue weighted by Crippen LogP contribution is 2.29. The predicted molar refractivity (Wildman–Crippen MR) is 128 cm³/mol. The fourth-order valence-corrected chi connectivity index (χ4v) is 4.93. The van der Waals surface area contributed by atoms with E-state index < -0.39 is 0 Å². The number of aromatic nitrogens is 7. The third-order valence-corrected chi connectivity index (χ3v) is 7.17. The van der Waals surface area contributed by atoms with Crippen molar-refractivity contribution in [2.45, 2.75) is 91.2 Å². The zero-order valence-corrected chi connectivity index (χ0v) is 20.7. The summed E-state index contributed by atoms with van der Waals surface area (Å²) < 4.78 is 9.72. The number of fused-ring (bicyclic) bond motifs is 1. The molecule has 1 saturated heterocycles. The first-order valence-electron chi connectivity index (χ1n) is 12.5. The molecule has 33 heavy (non-hydrogen) atoms. The van der Waals surface area contributed by atoms with E-state index in [-0.39, 0.29) is 6.10 Å². The fraction of sp³-hybridized carbons (Fsp3) is 0.708. The number of nitrogens with zero attached hydrogens (tertiary/aromatic N) is 8. The topological polar surface area (TPSA) is 86.3 Å². The summed E-state index contributed by atoms with van der Waals surface area (Å²) in [5.41, 5.74) is 1.91. The molecular weight excluding hydrogens is 416 g/mol. The highest BCUT2D eigenvalue weighted by molar-refractivity contribution is 5.51. The van der Waals surface area contributed by atoms with Gasteiger partial charge in [0, 0.05) is 24.7 Å². The van der Waals surface area contributed by atoms with Crippen LogP contribution in [0.5, 0.6) is 6.01 Å². The Morgan fingerprint density at radius 2 is 1.79 bits per heavy atom. The van der Waals surface area contributed by atoms with Gasteiger partial charge in [0.1, 0.15) is 18.8 Å². The lowest BCUT2D eigenvalue weighted by atomic mass is 9.91. The molecule has 3 aromatic rings. The zero-order valence-electron chi connectivity index (χ0n) is 20.7. The number of hydrogen-bond acceptors (Lipinski definition) is 7. The van der Waals surface area contributed by atoms with Gasteiger partial charge in [0.15, 0.2) is 5.65 Å². The van der Waals surface area contributed by atoms with Crippen LogP contribution in [0.25, 0.3) is 11.6 Å².